The minimum absolute atomic E-state index is 0.101. The van der Waals surface area contributed by atoms with E-state index in [4.69, 9.17) is 5.11 Å². The van der Waals surface area contributed by atoms with Gasteiger partial charge in [-0.3, -0.25) is 15.1 Å². The highest BCUT2D eigenvalue weighted by Crippen LogP contribution is 2.19. The topological polar surface area (TPSA) is 62.2 Å². The van der Waals surface area contributed by atoms with Crippen molar-refractivity contribution >= 4 is 5.97 Å². The van der Waals surface area contributed by atoms with E-state index in [0.29, 0.717) is 0 Å². The normalized spacial score (nSPS) is 12.0. The number of hydrogen-bond acceptors (Lipinski definition) is 3. The van der Waals surface area contributed by atoms with Gasteiger partial charge < -0.3 is 5.11 Å². The van der Waals surface area contributed by atoms with Gasteiger partial charge in [-0.1, -0.05) is 36.4 Å². The van der Waals surface area contributed by atoms with Crippen LogP contribution in [0.4, 0.5) is 0 Å². The number of nitrogens with zero attached hydrogens (tertiary/aromatic N) is 1. The summed E-state index contributed by atoms with van der Waals surface area (Å²) in [7, 11) is 0. The fraction of sp³-hybridized carbons (Fsp3) is 0.143. The lowest BCUT2D eigenvalue weighted by Gasteiger charge is -2.17. The summed E-state index contributed by atoms with van der Waals surface area (Å²) in [6, 6.07) is 15.1. The van der Waals surface area contributed by atoms with Crippen molar-refractivity contribution in [3.05, 3.63) is 66.0 Å². The molecule has 1 heterocycles. The third-order valence-corrected chi connectivity index (χ3v) is 2.57. The van der Waals surface area contributed by atoms with Crippen LogP contribution in [0.1, 0.15) is 17.3 Å². The van der Waals surface area contributed by atoms with Crippen molar-refractivity contribution in [3.63, 3.8) is 0 Å². The van der Waals surface area contributed by atoms with E-state index in [1.54, 1.807) is 6.20 Å². The number of aliphatic carboxylic acids is 1. The lowest BCUT2D eigenvalue weighted by molar-refractivity contribution is -0.136. The van der Waals surface area contributed by atoms with Gasteiger partial charge in [-0.2, -0.15) is 0 Å². The first kappa shape index (κ1) is 12.3. The van der Waals surface area contributed by atoms with E-state index in [9.17, 15) is 4.79 Å². The maximum atomic E-state index is 10.7. The van der Waals surface area contributed by atoms with Crippen LogP contribution in [0, 0.1) is 0 Å². The Labute approximate surface area is 105 Å². The Morgan fingerprint density at radius 1 is 1.17 bits per heavy atom. The monoisotopic (exact) mass is 242 g/mol. The Bertz CT molecular complexity index is 460. The summed E-state index contributed by atoms with van der Waals surface area (Å²) < 4.78 is 0. The maximum absolute atomic E-state index is 10.7. The van der Waals surface area contributed by atoms with Crippen LogP contribution < -0.4 is 5.32 Å². The molecular formula is C14H14N2O2. The molecule has 1 unspecified atom stereocenters. The van der Waals surface area contributed by atoms with Crippen LogP contribution in [0.2, 0.25) is 0 Å². The molecule has 92 valence electrons. The molecule has 18 heavy (non-hydrogen) atoms. The zero-order valence-corrected chi connectivity index (χ0v) is 9.78. The van der Waals surface area contributed by atoms with E-state index in [-0.39, 0.29) is 12.6 Å². The number of carbonyl (C=O) groups is 1. The van der Waals surface area contributed by atoms with Crippen LogP contribution in [-0.4, -0.2) is 22.6 Å². The third kappa shape index (κ3) is 3.15. The summed E-state index contributed by atoms with van der Waals surface area (Å²) in [4.78, 5) is 15.0. The Morgan fingerprint density at radius 2 is 1.89 bits per heavy atom. The molecular weight excluding hydrogens is 228 g/mol. The Kier molecular flexibility index (Phi) is 4.04. The van der Waals surface area contributed by atoms with E-state index >= 15 is 0 Å². The average Bonchev–Trinajstić information content (AvgIpc) is 2.41. The van der Waals surface area contributed by atoms with Gasteiger partial charge in [0, 0.05) is 6.20 Å². The van der Waals surface area contributed by atoms with Crippen LogP contribution in [-0.2, 0) is 4.79 Å². The molecule has 1 aromatic carbocycles. The molecule has 2 N–H and O–H groups in total. The molecule has 0 spiro atoms. The molecule has 2 aromatic rings. The van der Waals surface area contributed by atoms with Crippen molar-refractivity contribution < 1.29 is 9.90 Å². The summed E-state index contributed by atoms with van der Waals surface area (Å²) in [6.45, 7) is -0.101. The molecule has 0 saturated heterocycles. The van der Waals surface area contributed by atoms with E-state index in [2.05, 4.69) is 10.3 Å². The van der Waals surface area contributed by atoms with Crippen molar-refractivity contribution in [2.75, 3.05) is 6.54 Å². The standard InChI is InChI=1S/C14H14N2O2/c17-13(18)10-16-14(11-6-2-1-3-7-11)12-8-4-5-9-15-12/h1-9,14,16H,10H2,(H,17,18). The summed E-state index contributed by atoms with van der Waals surface area (Å²) in [5, 5.41) is 11.8. The lowest BCUT2D eigenvalue weighted by Crippen LogP contribution is -2.28. The van der Waals surface area contributed by atoms with Gasteiger partial charge in [-0.15, -0.1) is 0 Å². The van der Waals surface area contributed by atoms with Crippen LogP contribution in [0.5, 0.6) is 0 Å². The van der Waals surface area contributed by atoms with Gasteiger partial charge >= 0.3 is 5.97 Å². The van der Waals surface area contributed by atoms with E-state index in [1.165, 1.54) is 0 Å². The first-order chi connectivity index (χ1) is 8.77. The number of nitrogens with one attached hydrogen (secondary N) is 1. The maximum Gasteiger partial charge on any atom is 0.317 e. The molecule has 0 aliphatic rings. The zero-order valence-electron chi connectivity index (χ0n) is 9.78. The summed E-state index contributed by atoms with van der Waals surface area (Å²) in [5.74, 6) is -0.883. The number of aromatic nitrogens is 1. The zero-order chi connectivity index (χ0) is 12.8. The van der Waals surface area contributed by atoms with Crippen molar-refractivity contribution in [2.24, 2.45) is 0 Å². The molecule has 0 radical (unpaired) electrons. The van der Waals surface area contributed by atoms with Crippen molar-refractivity contribution in [3.8, 4) is 0 Å². The van der Waals surface area contributed by atoms with Gasteiger partial charge in [0.05, 0.1) is 18.3 Å². The van der Waals surface area contributed by atoms with Crippen LogP contribution >= 0.6 is 0 Å². The third-order valence-electron chi connectivity index (χ3n) is 2.57. The van der Waals surface area contributed by atoms with Gasteiger partial charge in [-0.05, 0) is 17.7 Å². The highest BCUT2D eigenvalue weighted by molar-refractivity contribution is 5.69. The molecule has 1 aromatic heterocycles. The van der Waals surface area contributed by atoms with Gasteiger partial charge in [0.1, 0.15) is 0 Å². The Balaban J connectivity index is 2.26. The number of rotatable bonds is 5. The number of benzene rings is 1. The summed E-state index contributed by atoms with van der Waals surface area (Å²) in [5.41, 5.74) is 1.81. The van der Waals surface area contributed by atoms with Gasteiger partial charge in [0.25, 0.3) is 0 Å². The fourth-order valence-corrected chi connectivity index (χ4v) is 1.77. The van der Waals surface area contributed by atoms with Crippen LogP contribution in [0.3, 0.4) is 0 Å². The molecule has 0 aliphatic heterocycles. The highest BCUT2D eigenvalue weighted by atomic mass is 16.4. The average molecular weight is 242 g/mol. The number of hydrogen-bond donors (Lipinski definition) is 2. The molecule has 4 heteroatoms. The van der Waals surface area contributed by atoms with E-state index in [0.717, 1.165) is 11.3 Å². The predicted octanol–water partition coefficient (Wildman–Crippen LogP) is 1.85. The molecule has 2 rings (SSSR count). The molecule has 0 fully saturated rings. The van der Waals surface area contributed by atoms with Crippen molar-refractivity contribution in [1.29, 1.82) is 0 Å². The SMILES string of the molecule is O=C(O)CNC(c1ccccc1)c1ccccn1. The Morgan fingerprint density at radius 3 is 2.50 bits per heavy atom. The first-order valence-electron chi connectivity index (χ1n) is 5.68. The largest absolute Gasteiger partial charge is 0.480 e. The second-order valence-corrected chi connectivity index (χ2v) is 3.87. The summed E-state index contributed by atoms with van der Waals surface area (Å²) >= 11 is 0. The first-order valence-corrected chi connectivity index (χ1v) is 5.68. The second kappa shape index (κ2) is 5.93. The minimum atomic E-state index is -0.883. The molecule has 1 atom stereocenters. The highest BCUT2D eigenvalue weighted by Gasteiger charge is 2.15. The summed E-state index contributed by atoms with van der Waals surface area (Å²) in [6.07, 6.45) is 1.70. The fourth-order valence-electron chi connectivity index (χ4n) is 1.77. The number of carboxylic acids is 1. The van der Waals surface area contributed by atoms with Gasteiger partial charge in [-0.25, -0.2) is 0 Å². The van der Waals surface area contributed by atoms with Crippen LogP contribution in [0.15, 0.2) is 54.7 Å². The predicted molar refractivity (Wildman–Crippen MR) is 68.2 cm³/mol. The van der Waals surface area contributed by atoms with Crippen molar-refractivity contribution in [2.45, 2.75) is 6.04 Å². The Hall–Kier alpha value is -2.20. The number of pyridine rings is 1. The van der Waals surface area contributed by atoms with Crippen LogP contribution in [0.25, 0.3) is 0 Å². The molecule has 0 amide bonds. The smallest absolute Gasteiger partial charge is 0.317 e. The van der Waals surface area contributed by atoms with E-state index in [1.807, 2.05) is 48.5 Å². The second-order valence-electron chi connectivity index (χ2n) is 3.87. The molecule has 4 nitrogen and oxygen atoms in total. The van der Waals surface area contributed by atoms with E-state index < -0.39 is 5.97 Å². The molecule has 0 saturated carbocycles. The van der Waals surface area contributed by atoms with Gasteiger partial charge in [0.2, 0.25) is 0 Å². The quantitative estimate of drug-likeness (QED) is 0.840. The number of carboxylic acid groups (broad SMARTS) is 1. The minimum Gasteiger partial charge on any atom is -0.480 e. The van der Waals surface area contributed by atoms with Gasteiger partial charge in [0.15, 0.2) is 0 Å². The molecule has 0 aliphatic carbocycles. The lowest BCUT2D eigenvalue weighted by atomic mass is 10.0. The molecule has 0 bridgehead atoms. The van der Waals surface area contributed by atoms with Crippen molar-refractivity contribution in [1.82, 2.24) is 10.3 Å².